The van der Waals surface area contributed by atoms with Crippen LogP contribution in [-0.4, -0.2) is 12.8 Å². The molecule has 19 heavy (non-hydrogen) atoms. The van der Waals surface area contributed by atoms with E-state index in [1.807, 2.05) is 37.4 Å². The van der Waals surface area contributed by atoms with E-state index in [2.05, 4.69) is 5.32 Å². The lowest BCUT2D eigenvalue weighted by molar-refractivity contribution is 0.576. The van der Waals surface area contributed by atoms with Crippen LogP contribution >= 0.6 is 11.8 Å². The number of hydrogen-bond donors (Lipinski definition) is 1. The quantitative estimate of drug-likeness (QED) is 0.830. The summed E-state index contributed by atoms with van der Waals surface area (Å²) in [4.78, 5) is 0.344. The Labute approximate surface area is 116 Å². The van der Waals surface area contributed by atoms with Gasteiger partial charge in [0.1, 0.15) is 11.6 Å². The Hall–Kier alpha value is -1.39. The molecule has 0 fully saturated rings. The first-order chi connectivity index (χ1) is 9.20. The molecule has 0 spiro atoms. The van der Waals surface area contributed by atoms with Crippen LogP contribution in [0.2, 0.25) is 0 Å². The molecule has 1 atom stereocenters. The average Bonchev–Trinajstić information content (AvgIpc) is 2.44. The van der Waals surface area contributed by atoms with Crippen molar-refractivity contribution in [3.05, 3.63) is 65.7 Å². The highest BCUT2D eigenvalue weighted by molar-refractivity contribution is 7.99. The van der Waals surface area contributed by atoms with E-state index < -0.39 is 5.82 Å². The van der Waals surface area contributed by atoms with Gasteiger partial charge < -0.3 is 5.32 Å². The molecule has 2 aromatic carbocycles. The van der Waals surface area contributed by atoms with Crippen LogP contribution in [0.1, 0.15) is 11.6 Å². The number of rotatable bonds is 5. The molecule has 0 amide bonds. The van der Waals surface area contributed by atoms with Crippen LogP contribution in [0.5, 0.6) is 0 Å². The van der Waals surface area contributed by atoms with Gasteiger partial charge in [-0.2, -0.15) is 0 Å². The van der Waals surface area contributed by atoms with Gasteiger partial charge in [-0.1, -0.05) is 30.3 Å². The van der Waals surface area contributed by atoms with Gasteiger partial charge in [0.15, 0.2) is 0 Å². The van der Waals surface area contributed by atoms with Crippen LogP contribution in [0.4, 0.5) is 8.78 Å². The Balaban J connectivity index is 2.06. The van der Waals surface area contributed by atoms with Crippen molar-refractivity contribution >= 4 is 11.8 Å². The van der Waals surface area contributed by atoms with Gasteiger partial charge in [-0.25, -0.2) is 8.78 Å². The number of hydrogen-bond acceptors (Lipinski definition) is 2. The maximum Gasteiger partial charge on any atom is 0.136 e. The minimum atomic E-state index is -0.412. The third kappa shape index (κ3) is 3.78. The molecule has 1 unspecified atom stereocenters. The van der Waals surface area contributed by atoms with Crippen LogP contribution < -0.4 is 5.32 Å². The van der Waals surface area contributed by atoms with E-state index in [1.54, 1.807) is 0 Å². The van der Waals surface area contributed by atoms with E-state index in [1.165, 1.54) is 17.8 Å². The van der Waals surface area contributed by atoms with Crippen molar-refractivity contribution in [1.82, 2.24) is 5.32 Å². The highest BCUT2D eigenvalue weighted by Crippen LogP contribution is 2.27. The Kier molecular flexibility index (Phi) is 4.93. The fraction of sp³-hybridized carbons (Fsp3) is 0.200. The van der Waals surface area contributed by atoms with E-state index in [0.717, 1.165) is 17.7 Å². The van der Waals surface area contributed by atoms with Crippen molar-refractivity contribution in [2.24, 2.45) is 0 Å². The zero-order chi connectivity index (χ0) is 13.7. The molecule has 2 rings (SSSR count). The molecule has 0 aliphatic carbocycles. The van der Waals surface area contributed by atoms with Crippen LogP contribution in [0, 0.1) is 11.6 Å². The summed E-state index contributed by atoms with van der Waals surface area (Å²) in [6.45, 7) is 0. The normalized spacial score (nSPS) is 12.4. The monoisotopic (exact) mass is 279 g/mol. The molecule has 100 valence electrons. The van der Waals surface area contributed by atoms with Crippen LogP contribution in [0.25, 0.3) is 0 Å². The maximum atomic E-state index is 13.5. The molecule has 0 aliphatic rings. The first-order valence-corrected chi connectivity index (χ1v) is 6.99. The first kappa shape index (κ1) is 14.0. The van der Waals surface area contributed by atoms with E-state index >= 15 is 0 Å². The van der Waals surface area contributed by atoms with Crippen molar-refractivity contribution < 1.29 is 8.78 Å². The molecular formula is C15H15F2NS. The largest absolute Gasteiger partial charge is 0.312 e. The number of benzene rings is 2. The van der Waals surface area contributed by atoms with Gasteiger partial charge in [-0.05, 0) is 30.8 Å². The summed E-state index contributed by atoms with van der Waals surface area (Å²) in [6.07, 6.45) is 0. The topological polar surface area (TPSA) is 12.0 Å². The zero-order valence-corrected chi connectivity index (χ0v) is 11.4. The van der Waals surface area contributed by atoms with Gasteiger partial charge in [0.05, 0.1) is 0 Å². The smallest absolute Gasteiger partial charge is 0.136 e. The summed E-state index contributed by atoms with van der Waals surface area (Å²) in [5.41, 5.74) is 1.13. The van der Waals surface area contributed by atoms with E-state index in [0.29, 0.717) is 10.6 Å². The first-order valence-electron chi connectivity index (χ1n) is 6.01. The van der Waals surface area contributed by atoms with E-state index in [-0.39, 0.29) is 11.9 Å². The van der Waals surface area contributed by atoms with Crippen molar-refractivity contribution in [2.45, 2.75) is 10.9 Å². The Bertz CT molecular complexity index is 531. The highest BCUT2D eigenvalue weighted by Gasteiger charge is 2.11. The van der Waals surface area contributed by atoms with Gasteiger partial charge in [0, 0.05) is 16.7 Å². The second-order valence-electron chi connectivity index (χ2n) is 4.14. The summed E-state index contributed by atoms with van der Waals surface area (Å²) in [7, 11) is 1.86. The third-order valence-corrected chi connectivity index (χ3v) is 3.97. The second kappa shape index (κ2) is 6.68. The Morgan fingerprint density at radius 3 is 2.53 bits per heavy atom. The zero-order valence-electron chi connectivity index (χ0n) is 10.6. The number of nitrogens with one attached hydrogen (secondary N) is 1. The standard InChI is InChI=1S/C15H15F2NS/c1-18-14(11-5-3-2-4-6-11)10-19-15-9-12(16)7-8-13(15)17/h2-9,14,18H,10H2,1H3. The lowest BCUT2D eigenvalue weighted by atomic mass is 10.1. The minimum Gasteiger partial charge on any atom is -0.312 e. The van der Waals surface area contributed by atoms with Crippen LogP contribution in [0.15, 0.2) is 53.4 Å². The molecule has 0 aromatic heterocycles. The maximum absolute atomic E-state index is 13.5. The lowest BCUT2D eigenvalue weighted by Crippen LogP contribution is -2.18. The average molecular weight is 279 g/mol. The van der Waals surface area contributed by atoms with E-state index in [4.69, 9.17) is 0 Å². The van der Waals surface area contributed by atoms with Gasteiger partial charge >= 0.3 is 0 Å². The number of thioether (sulfide) groups is 1. The van der Waals surface area contributed by atoms with Crippen LogP contribution in [0.3, 0.4) is 0 Å². The molecule has 0 saturated carbocycles. The van der Waals surface area contributed by atoms with Crippen molar-refractivity contribution in [3.8, 4) is 0 Å². The summed E-state index contributed by atoms with van der Waals surface area (Å²) in [5, 5.41) is 3.19. The molecular weight excluding hydrogens is 264 g/mol. The third-order valence-electron chi connectivity index (χ3n) is 2.85. The molecule has 1 nitrogen and oxygen atoms in total. The van der Waals surface area contributed by atoms with Gasteiger partial charge in [-0.3, -0.25) is 0 Å². The molecule has 0 heterocycles. The Morgan fingerprint density at radius 1 is 1.11 bits per heavy atom. The molecule has 0 radical (unpaired) electrons. The minimum absolute atomic E-state index is 0.105. The molecule has 0 saturated heterocycles. The van der Waals surface area contributed by atoms with Gasteiger partial charge in [0.25, 0.3) is 0 Å². The number of halogens is 2. The summed E-state index contributed by atoms with van der Waals surface area (Å²) < 4.78 is 26.6. The lowest BCUT2D eigenvalue weighted by Gasteiger charge is -2.16. The van der Waals surface area contributed by atoms with Crippen molar-refractivity contribution in [3.63, 3.8) is 0 Å². The summed E-state index contributed by atoms with van der Waals surface area (Å²) in [6, 6.07) is 13.6. The second-order valence-corrected chi connectivity index (χ2v) is 5.20. The SMILES string of the molecule is CNC(CSc1cc(F)ccc1F)c1ccccc1. The highest BCUT2D eigenvalue weighted by atomic mass is 32.2. The fourth-order valence-electron chi connectivity index (χ4n) is 1.79. The summed E-state index contributed by atoms with van der Waals surface area (Å²) >= 11 is 1.31. The van der Waals surface area contributed by atoms with E-state index in [9.17, 15) is 8.78 Å². The molecule has 2 aromatic rings. The molecule has 0 bridgehead atoms. The van der Waals surface area contributed by atoms with Gasteiger partial charge in [-0.15, -0.1) is 11.8 Å². The molecule has 0 aliphatic heterocycles. The van der Waals surface area contributed by atoms with Crippen molar-refractivity contribution in [2.75, 3.05) is 12.8 Å². The fourth-order valence-corrected chi connectivity index (χ4v) is 2.90. The Morgan fingerprint density at radius 2 is 1.84 bits per heavy atom. The van der Waals surface area contributed by atoms with Crippen LogP contribution in [-0.2, 0) is 0 Å². The predicted molar refractivity (Wildman–Crippen MR) is 75.3 cm³/mol. The molecule has 1 N–H and O–H groups in total. The summed E-state index contributed by atoms with van der Waals surface area (Å²) in [5.74, 6) is -0.153. The predicted octanol–water partition coefficient (Wildman–Crippen LogP) is 4.02. The van der Waals surface area contributed by atoms with Crippen molar-refractivity contribution in [1.29, 1.82) is 0 Å². The molecule has 4 heteroatoms. The van der Waals surface area contributed by atoms with Gasteiger partial charge in [0.2, 0.25) is 0 Å².